The van der Waals surface area contributed by atoms with Gasteiger partial charge in [0.2, 0.25) is 5.88 Å². The van der Waals surface area contributed by atoms with Crippen molar-refractivity contribution >= 4 is 29.0 Å². The smallest absolute Gasteiger partial charge is 0.271 e. The van der Waals surface area contributed by atoms with Gasteiger partial charge in [-0.05, 0) is 54.8 Å². The van der Waals surface area contributed by atoms with Crippen molar-refractivity contribution in [3.05, 3.63) is 90.7 Å². The van der Waals surface area contributed by atoms with Gasteiger partial charge in [-0.15, -0.1) is 0 Å². The first-order valence-corrected chi connectivity index (χ1v) is 10.0. The van der Waals surface area contributed by atoms with E-state index in [9.17, 15) is 20.0 Å². The number of halogens is 2. The SMILES string of the molecule is COc1ccc(CCn2c(O)c(C(=O)c3ccc(Cl)cc3Cl)c(C)c(C#N)c2=O)cc1. The Morgan fingerprint density at radius 3 is 2.45 bits per heavy atom. The van der Waals surface area contributed by atoms with Gasteiger partial charge in [0.1, 0.15) is 17.4 Å². The Morgan fingerprint density at radius 1 is 1.19 bits per heavy atom. The van der Waals surface area contributed by atoms with Gasteiger partial charge in [0.15, 0.2) is 5.78 Å². The number of hydrogen-bond donors (Lipinski definition) is 1. The van der Waals surface area contributed by atoms with Crippen molar-refractivity contribution in [3.63, 3.8) is 0 Å². The molecule has 0 radical (unpaired) electrons. The second-order valence-corrected chi connectivity index (χ2v) is 7.66. The van der Waals surface area contributed by atoms with Crippen molar-refractivity contribution in [2.45, 2.75) is 19.9 Å². The van der Waals surface area contributed by atoms with Crippen molar-refractivity contribution in [3.8, 4) is 17.7 Å². The van der Waals surface area contributed by atoms with Crippen LogP contribution in [0.15, 0.2) is 47.3 Å². The highest BCUT2D eigenvalue weighted by molar-refractivity contribution is 6.37. The van der Waals surface area contributed by atoms with E-state index in [0.717, 1.165) is 10.1 Å². The third kappa shape index (κ3) is 4.43. The Morgan fingerprint density at radius 2 is 1.87 bits per heavy atom. The number of pyridine rings is 1. The number of carbonyl (C=O) groups is 1. The molecule has 6 nitrogen and oxygen atoms in total. The van der Waals surface area contributed by atoms with Crippen molar-refractivity contribution in [1.29, 1.82) is 5.26 Å². The normalized spacial score (nSPS) is 10.5. The van der Waals surface area contributed by atoms with Gasteiger partial charge in [0, 0.05) is 17.1 Å². The number of aromatic nitrogens is 1. The number of nitriles is 1. The fourth-order valence-electron chi connectivity index (χ4n) is 3.27. The molecule has 158 valence electrons. The molecule has 0 bridgehead atoms. The fourth-order valence-corrected chi connectivity index (χ4v) is 3.77. The highest BCUT2D eigenvalue weighted by Crippen LogP contribution is 2.29. The number of methoxy groups -OCH3 is 1. The summed E-state index contributed by atoms with van der Waals surface area (Å²) in [5.41, 5.74) is 0.0797. The van der Waals surface area contributed by atoms with Gasteiger partial charge in [0.25, 0.3) is 5.56 Å². The number of hydrogen-bond acceptors (Lipinski definition) is 5. The van der Waals surface area contributed by atoms with Crippen molar-refractivity contribution < 1.29 is 14.6 Å². The number of benzene rings is 2. The van der Waals surface area contributed by atoms with Crippen LogP contribution in [-0.2, 0) is 13.0 Å². The summed E-state index contributed by atoms with van der Waals surface area (Å²) < 4.78 is 6.16. The summed E-state index contributed by atoms with van der Waals surface area (Å²) in [7, 11) is 1.56. The quantitative estimate of drug-likeness (QED) is 0.550. The first-order chi connectivity index (χ1) is 14.8. The molecular formula is C23H18Cl2N2O4. The van der Waals surface area contributed by atoms with Gasteiger partial charge < -0.3 is 9.84 Å². The molecule has 0 spiro atoms. The predicted octanol–water partition coefficient (Wildman–Crippen LogP) is 4.52. The molecule has 8 heteroatoms. The molecule has 0 fully saturated rings. The van der Waals surface area contributed by atoms with E-state index in [1.54, 1.807) is 19.2 Å². The van der Waals surface area contributed by atoms with E-state index >= 15 is 0 Å². The molecule has 0 unspecified atom stereocenters. The lowest BCUT2D eigenvalue weighted by molar-refractivity contribution is 0.103. The predicted molar refractivity (Wildman–Crippen MR) is 118 cm³/mol. The average Bonchev–Trinajstić information content (AvgIpc) is 2.74. The molecule has 0 atom stereocenters. The highest BCUT2D eigenvalue weighted by atomic mass is 35.5. The lowest BCUT2D eigenvalue weighted by Crippen LogP contribution is -2.27. The van der Waals surface area contributed by atoms with Crippen LogP contribution < -0.4 is 10.3 Å². The second-order valence-electron chi connectivity index (χ2n) is 6.82. The molecular weight excluding hydrogens is 439 g/mol. The van der Waals surface area contributed by atoms with Crippen LogP contribution in [0.4, 0.5) is 0 Å². The average molecular weight is 457 g/mol. The van der Waals surface area contributed by atoms with Gasteiger partial charge in [-0.25, -0.2) is 0 Å². The third-order valence-electron chi connectivity index (χ3n) is 4.99. The lowest BCUT2D eigenvalue weighted by Gasteiger charge is -2.16. The molecule has 3 rings (SSSR count). The minimum absolute atomic E-state index is 0.0700. The van der Waals surface area contributed by atoms with Crippen LogP contribution in [0.2, 0.25) is 10.0 Å². The zero-order chi connectivity index (χ0) is 22.7. The minimum Gasteiger partial charge on any atom is -0.497 e. The third-order valence-corrected chi connectivity index (χ3v) is 5.53. The van der Waals surface area contributed by atoms with Crippen molar-refractivity contribution in [2.24, 2.45) is 0 Å². The summed E-state index contributed by atoms with van der Waals surface area (Å²) in [6.45, 7) is 1.52. The molecule has 3 aromatic rings. The zero-order valence-electron chi connectivity index (χ0n) is 16.8. The summed E-state index contributed by atoms with van der Waals surface area (Å²) in [5, 5.41) is 20.8. The number of nitrogens with zero attached hydrogens (tertiary/aromatic N) is 2. The summed E-state index contributed by atoms with van der Waals surface area (Å²) in [5.74, 6) is -0.420. The first-order valence-electron chi connectivity index (χ1n) is 9.27. The van der Waals surface area contributed by atoms with E-state index in [4.69, 9.17) is 27.9 Å². The molecule has 0 saturated carbocycles. The van der Waals surface area contributed by atoms with Crippen LogP contribution in [0.25, 0.3) is 0 Å². The molecule has 31 heavy (non-hydrogen) atoms. The number of rotatable bonds is 6. The first kappa shape index (κ1) is 22.4. The van der Waals surface area contributed by atoms with Crippen LogP contribution in [0, 0.1) is 18.3 Å². The number of carbonyl (C=O) groups excluding carboxylic acids is 1. The molecule has 1 N–H and O–H groups in total. The molecule has 0 aliphatic heterocycles. The maximum Gasteiger partial charge on any atom is 0.271 e. The molecule has 2 aromatic carbocycles. The van der Waals surface area contributed by atoms with Crippen molar-refractivity contribution in [2.75, 3.05) is 7.11 Å². The van der Waals surface area contributed by atoms with Gasteiger partial charge >= 0.3 is 0 Å². The Kier molecular flexibility index (Phi) is 6.69. The Bertz CT molecular complexity index is 1260. The largest absolute Gasteiger partial charge is 0.497 e. The van der Waals surface area contributed by atoms with E-state index in [1.165, 1.54) is 25.1 Å². The summed E-state index contributed by atoms with van der Waals surface area (Å²) >= 11 is 12.1. The summed E-state index contributed by atoms with van der Waals surface area (Å²) in [6.07, 6.45) is 0.390. The van der Waals surface area contributed by atoms with E-state index in [2.05, 4.69) is 0 Å². The van der Waals surface area contributed by atoms with E-state index < -0.39 is 17.2 Å². The number of aromatic hydroxyl groups is 1. The van der Waals surface area contributed by atoms with Crippen LogP contribution in [0.1, 0.15) is 32.6 Å². The molecule has 1 heterocycles. The van der Waals surface area contributed by atoms with Crippen molar-refractivity contribution in [1.82, 2.24) is 4.57 Å². The molecule has 0 aliphatic carbocycles. The molecule has 0 saturated heterocycles. The Labute approximate surface area is 188 Å². The lowest BCUT2D eigenvalue weighted by atomic mass is 9.97. The van der Waals surface area contributed by atoms with E-state index in [-0.39, 0.29) is 33.8 Å². The highest BCUT2D eigenvalue weighted by Gasteiger charge is 2.26. The number of ether oxygens (including phenoxy) is 1. The van der Waals surface area contributed by atoms with Gasteiger partial charge in [-0.3, -0.25) is 14.2 Å². The van der Waals surface area contributed by atoms with Crippen LogP contribution in [-0.4, -0.2) is 22.6 Å². The Hall–Kier alpha value is -3.27. The topological polar surface area (TPSA) is 92.3 Å². The van der Waals surface area contributed by atoms with E-state index in [1.807, 2.05) is 18.2 Å². The summed E-state index contributed by atoms with van der Waals surface area (Å²) in [6, 6.07) is 13.4. The molecule has 1 aromatic heterocycles. The number of ketones is 1. The monoisotopic (exact) mass is 456 g/mol. The van der Waals surface area contributed by atoms with E-state index in [0.29, 0.717) is 17.2 Å². The maximum absolute atomic E-state index is 13.2. The van der Waals surface area contributed by atoms with Crippen LogP contribution >= 0.6 is 23.2 Å². The van der Waals surface area contributed by atoms with Crippen LogP contribution in [0.3, 0.4) is 0 Å². The van der Waals surface area contributed by atoms with Gasteiger partial charge in [-0.1, -0.05) is 35.3 Å². The number of aryl methyl sites for hydroxylation is 1. The standard InChI is InChI=1S/C23H18Cl2N2O4/c1-13-18(12-26)22(29)27(10-9-14-3-6-16(31-2)7-4-14)23(30)20(13)21(28)17-8-5-15(24)11-19(17)25/h3-8,11,30H,9-10H2,1-2H3. The Balaban J connectivity index is 2.07. The second kappa shape index (κ2) is 9.25. The maximum atomic E-state index is 13.2. The molecule has 0 amide bonds. The van der Waals surface area contributed by atoms with Crippen LogP contribution in [0.5, 0.6) is 11.6 Å². The van der Waals surface area contributed by atoms with Gasteiger partial charge in [-0.2, -0.15) is 5.26 Å². The summed E-state index contributed by atoms with van der Waals surface area (Å²) in [4.78, 5) is 26.0. The fraction of sp³-hybridized carbons (Fsp3) is 0.174. The zero-order valence-corrected chi connectivity index (χ0v) is 18.3. The minimum atomic E-state index is -0.662. The van der Waals surface area contributed by atoms with Gasteiger partial charge in [0.05, 0.1) is 17.7 Å². The molecule has 0 aliphatic rings.